The molecule has 9 nitrogen and oxygen atoms in total. The van der Waals surface area contributed by atoms with Gasteiger partial charge in [-0.2, -0.15) is 0 Å². The summed E-state index contributed by atoms with van der Waals surface area (Å²) in [6.07, 6.45) is 4.51. The lowest BCUT2D eigenvalue weighted by Crippen LogP contribution is -2.47. The third-order valence-electron chi connectivity index (χ3n) is 5.83. The molecule has 0 radical (unpaired) electrons. The molecule has 2 N–H and O–H groups in total. The zero-order valence-electron chi connectivity index (χ0n) is 17.5. The summed E-state index contributed by atoms with van der Waals surface area (Å²) in [6.45, 7) is 0.141. The van der Waals surface area contributed by atoms with Crippen molar-refractivity contribution in [3.63, 3.8) is 0 Å². The molecule has 1 amide bonds. The van der Waals surface area contributed by atoms with Crippen molar-refractivity contribution in [2.45, 2.75) is 56.0 Å². The maximum Gasteiger partial charge on any atom is 0.233 e. The van der Waals surface area contributed by atoms with Crippen LogP contribution < -0.4 is 10.6 Å². The molecular formula is C20H26BrN5O4S2. The van der Waals surface area contributed by atoms with Gasteiger partial charge in [-0.25, -0.2) is 13.1 Å². The average molecular weight is 544 g/mol. The van der Waals surface area contributed by atoms with Crippen LogP contribution in [0.2, 0.25) is 0 Å². The molecule has 4 rings (SSSR count). The minimum absolute atomic E-state index is 0.0596. The number of rotatable bonds is 8. The molecule has 2 aromatic rings. The van der Waals surface area contributed by atoms with Gasteiger partial charge in [-0.15, -0.1) is 10.2 Å². The molecule has 1 atom stereocenters. The van der Waals surface area contributed by atoms with Crippen molar-refractivity contribution < 1.29 is 17.9 Å². The first-order valence-electron chi connectivity index (χ1n) is 10.5. The Balaban J connectivity index is 1.38. The van der Waals surface area contributed by atoms with Crippen molar-refractivity contribution in [3.05, 3.63) is 34.6 Å². The Morgan fingerprint density at radius 1 is 1.25 bits per heavy atom. The number of aromatic nitrogens is 3. The lowest BCUT2D eigenvalue weighted by molar-refractivity contribution is -0.132. The zero-order chi connectivity index (χ0) is 22.7. The molecule has 32 heavy (non-hydrogen) atoms. The van der Waals surface area contributed by atoms with Gasteiger partial charge in [0.1, 0.15) is 12.4 Å². The number of hydrogen-bond donors (Lipinski definition) is 1. The van der Waals surface area contributed by atoms with E-state index in [0.29, 0.717) is 23.2 Å². The largest absolute Gasteiger partial charge is 0.485 e. The molecule has 0 bridgehead atoms. The van der Waals surface area contributed by atoms with Crippen molar-refractivity contribution in [1.82, 2.24) is 19.8 Å². The van der Waals surface area contributed by atoms with Crippen LogP contribution in [0.1, 0.15) is 37.9 Å². The number of nitrogens with two attached hydrogens (primary N) is 1. The van der Waals surface area contributed by atoms with E-state index < -0.39 is 9.84 Å². The molecule has 1 saturated carbocycles. The molecule has 174 valence electrons. The zero-order valence-corrected chi connectivity index (χ0v) is 20.7. The van der Waals surface area contributed by atoms with E-state index in [1.54, 1.807) is 0 Å². The average Bonchev–Trinajstić information content (AvgIpc) is 3.47. The number of carbonyl (C=O) groups is 1. The normalized spacial score (nSPS) is 20.5. The lowest BCUT2D eigenvalue weighted by atomic mass is 10.1. The Labute approximate surface area is 200 Å². The summed E-state index contributed by atoms with van der Waals surface area (Å²) in [5.41, 5.74) is 0. The van der Waals surface area contributed by atoms with Gasteiger partial charge in [0.15, 0.2) is 15.7 Å². The predicted molar refractivity (Wildman–Crippen MR) is 126 cm³/mol. The van der Waals surface area contributed by atoms with Crippen molar-refractivity contribution >= 4 is 43.4 Å². The van der Waals surface area contributed by atoms with Gasteiger partial charge >= 0.3 is 0 Å². The predicted octanol–water partition coefficient (Wildman–Crippen LogP) is 2.38. The highest BCUT2D eigenvalue weighted by molar-refractivity contribution is 9.10. The molecular weight excluding hydrogens is 518 g/mol. The molecule has 2 heterocycles. The molecule has 1 aromatic heterocycles. The Morgan fingerprint density at radius 2 is 2.03 bits per heavy atom. The fourth-order valence-electron chi connectivity index (χ4n) is 4.29. The number of amides is 1. The summed E-state index contributed by atoms with van der Waals surface area (Å²) in [4.78, 5) is 15.0. The van der Waals surface area contributed by atoms with E-state index in [-0.39, 0.29) is 41.9 Å². The summed E-state index contributed by atoms with van der Waals surface area (Å²) in [6, 6.07) is 7.32. The molecule has 1 aliphatic heterocycles. The monoisotopic (exact) mass is 543 g/mol. The second-order valence-corrected chi connectivity index (χ2v) is 12.2. The van der Waals surface area contributed by atoms with Crippen molar-refractivity contribution in [3.8, 4) is 5.75 Å². The van der Waals surface area contributed by atoms with Crippen LogP contribution in [0.4, 0.5) is 0 Å². The van der Waals surface area contributed by atoms with Crippen LogP contribution in [-0.2, 0) is 21.2 Å². The molecule has 2 fully saturated rings. The molecule has 0 spiro atoms. The van der Waals surface area contributed by atoms with Gasteiger partial charge in [0, 0.05) is 16.6 Å². The van der Waals surface area contributed by atoms with E-state index in [0.717, 1.165) is 30.2 Å². The van der Waals surface area contributed by atoms with E-state index >= 15 is 0 Å². The Kier molecular flexibility index (Phi) is 7.30. The molecule has 12 heteroatoms. The third kappa shape index (κ3) is 5.57. The van der Waals surface area contributed by atoms with Crippen LogP contribution in [0, 0.1) is 0 Å². The highest BCUT2D eigenvalue weighted by atomic mass is 79.9. The van der Waals surface area contributed by atoms with E-state index in [9.17, 15) is 13.2 Å². The molecule has 1 unspecified atom stereocenters. The number of sulfone groups is 1. The number of hydrogen-bond acceptors (Lipinski definition) is 8. The maximum absolute atomic E-state index is 13.1. The van der Waals surface area contributed by atoms with Crippen LogP contribution in [0.25, 0.3) is 0 Å². The Bertz CT molecular complexity index is 1070. The van der Waals surface area contributed by atoms with Crippen LogP contribution in [-0.4, -0.2) is 63.4 Å². The summed E-state index contributed by atoms with van der Waals surface area (Å²) in [5.74, 6) is 7.50. The number of thioether (sulfide) groups is 1. The fourth-order valence-corrected chi connectivity index (χ4v) is 7.13. The van der Waals surface area contributed by atoms with Crippen molar-refractivity contribution in [1.29, 1.82) is 0 Å². The number of ether oxygens (including phenoxy) is 1. The third-order valence-corrected chi connectivity index (χ3v) is 9.00. The van der Waals surface area contributed by atoms with Gasteiger partial charge in [0.05, 0.1) is 17.3 Å². The molecule has 1 saturated heterocycles. The standard InChI is InChI=1S/C20H26BrN5O4S2/c21-14-4-3-7-17(10-14)30-11-18-23-24-20(26(18)22)31-12-19(27)25(15-5-1-2-6-15)16-8-9-32(28,29)13-16/h3-4,7,10,15-16H,1-2,5-6,8-9,11-13,22H2. The summed E-state index contributed by atoms with van der Waals surface area (Å²) in [5, 5.41) is 8.58. The van der Waals surface area contributed by atoms with Gasteiger partial charge in [-0.05, 0) is 37.5 Å². The van der Waals surface area contributed by atoms with Gasteiger partial charge in [-0.1, -0.05) is 46.6 Å². The second-order valence-electron chi connectivity index (χ2n) is 8.10. The van der Waals surface area contributed by atoms with E-state index in [1.807, 2.05) is 29.2 Å². The van der Waals surface area contributed by atoms with Gasteiger partial charge in [0.2, 0.25) is 11.1 Å². The number of halogens is 1. The highest BCUT2D eigenvalue weighted by Gasteiger charge is 2.39. The summed E-state index contributed by atoms with van der Waals surface area (Å²) in [7, 11) is -3.07. The van der Waals surface area contributed by atoms with Crippen LogP contribution >= 0.6 is 27.7 Å². The van der Waals surface area contributed by atoms with E-state index in [4.69, 9.17) is 10.6 Å². The smallest absolute Gasteiger partial charge is 0.233 e. The van der Waals surface area contributed by atoms with E-state index in [1.165, 1.54) is 16.4 Å². The van der Waals surface area contributed by atoms with Crippen LogP contribution in [0.15, 0.2) is 33.9 Å². The van der Waals surface area contributed by atoms with Crippen LogP contribution in [0.5, 0.6) is 5.75 Å². The van der Waals surface area contributed by atoms with Gasteiger partial charge in [0.25, 0.3) is 0 Å². The quantitative estimate of drug-likeness (QED) is 0.398. The Morgan fingerprint density at radius 3 is 2.72 bits per heavy atom. The minimum atomic E-state index is -3.07. The van der Waals surface area contributed by atoms with E-state index in [2.05, 4.69) is 26.1 Å². The van der Waals surface area contributed by atoms with Crippen LogP contribution in [0.3, 0.4) is 0 Å². The molecule has 2 aliphatic rings. The molecule has 1 aliphatic carbocycles. The number of benzene rings is 1. The SMILES string of the molecule is Nn1c(COc2cccc(Br)c2)nnc1SCC(=O)N(C1CCCC1)C1CCS(=O)(=O)C1. The van der Waals surface area contributed by atoms with Crippen molar-refractivity contribution in [2.75, 3.05) is 23.1 Å². The number of nitrogen functional groups attached to an aromatic ring is 1. The highest BCUT2D eigenvalue weighted by Crippen LogP contribution is 2.30. The fraction of sp³-hybridized carbons (Fsp3) is 0.550. The second kappa shape index (κ2) is 10.0. The van der Waals surface area contributed by atoms with Crippen molar-refractivity contribution in [2.24, 2.45) is 0 Å². The van der Waals surface area contributed by atoms with Gasteiger partial charge in [-0.3, -0.25) is 4.79 Å². The number of carbonyl (C=O) groups excluding carboxylic acids is 1. The summed E-state index contributed by atoms with van der Waals surface area (Å²) < 4.78 is 31.9. The maximum atomic E-state index is 13.1. The topological polar surface area (TPSA) is 120 Å². The lowest BCUT2D eigenvalue weighted by Gasteiger charge is -2.34. The van der Waals surface area contributed by atoms with Gasteiger partial charge < -0.3 is 15.5 Å². The molecule has 1 aromatic carbocycles. The first-order chi connectivity index (χ1) is 15.3. The Hall–Kier alpha value is -1.79. The minimum Gasteiger partial charge on any atom is -0.485 e. The first kappa shape index (κ1) is 23.4. The summed E-state index contributed by atoms with van der Waals surface area (Å²) >= 11 is 4.60. The number of nitrogens with zero attached hydrogens (tertiary/aromatic N) is 4. The first-order valence-corrected chi connectivity index (χ1v) is 14.1.